The van der Waals surface area contributed by atoms with Crippen molar-refractivity contribution >= 4 is 44.7 Å². The number of nitrogens with one attached hydrogen (secondary N) is 1. The Kier molecular flexibility index (Phi) is 4.31. The van der Waals surface area contributed by atoms with Gasteiger partial charge in [-0.1, -0.05) is 17.7 Å². The molecule has 7 heteroatoms. The van der Waals surface area contributed by atoms with E-state index in [1.54, 1.807) is 17.4 Å². The quantitative estimate of drug-likeness (QED) is 0.745. The summed E-state index contributed by atoms with van der Waals surface area (Å²) in [6, 6.07) is 5.40. The van der Waals surface area contributed by atoms with Gasteiger partial charge in [0, 0.05) is 15.6 Å². The molecule has 0 spiro atoms. The number of aryl methyl sites for hydroxylation is 3. The zero-order valence-corrected chi connectivity index (χ0v) is 15.2. The Morgan fingerprint density at radius 2 is 2.24 bits per heavy atom. The number of rotatable bonds is 4. The molecule has 0 atom stereocenters. The van der Waals surface area contributed by atoms with Crippen LogP contribution < -0.4 is 10.1 Å². The lowest BCUT2D eigenvalue weighted by molar-refractivity contribution is -0.118. The Bertz CT molecular complexity index is 970. The van der Waals surface area contributed by atoms with E-state index in [0.717, 1.165) is 35.0 Å². The zero-order chi connectivity index (χ0) is 17.4. The van der Waals surface area contributed by atoms with Crippen LogP contribution in [0.25, 0.3) is 10.2 Å². The highest BCUT2D eigenvalue weighted by Crippen LogP contribution is 2.39. The van der Waals surface area contributed by atoms with Crippen LogP contribution in [-0.2, 0) is 17.6 Å². The van der Waals surface area contributed by atoms with Gasteiger partial charge in [0.15, 0.2) is 6.61 Å². The molecule has 0 saturated heterocycles. The number of anilines is 1. The van der Waals surface area contributed by atoms with Crippen LogP contribution in [0.1, 0.15) is 22.4 Å². The Morgan fingerprint density at radius 1 is 1.36 bits per heavy atom. The van der Waals surface area contributed by atoms with Crippen molar-refractivity contribution in [2.75, 3.05) is 11.9 Å². The Labute approximate surface area is 154 Å². The molecule has 5 nitrogen and oxygen atoms in total. The summed E-state index contributed by atoms with van der Waals surface area (Å²) in [5.41, 5.74) is 2.89. The lowest BCUT2D eigenvalue weighted by Crippen LogP contribution is -2.20. The second kappa shape index (κ2) is 6.61. The largest absolute Gasteiger partial charge is 0.467 e. The number of thiophene rings is 1. The lowest BCUT2D eigenvalue weighted by atomic mass is 10.2. The minimum Gasteiger partial charge on any atom is -0.467 e. The molecule has 2 heterocycles. The maximum atomic E-state index is 12.2. The number of hydrogen-bond acceptors (Lipinski definition) is 5. The van der Waals surface area contributed by atoms with Gasteiger partial charge in [0.2, 0.25) is 5.88 Å². The molecule has 128 valence electrons. The molecule has 0 bridgehead atoms. The summed E-state index contributed by atoms with van der Waals surface area (Å²) in [6.07, 6.45) is 4.75. The fraction of sp³-hybridized carbons (Fsp3) is 0.278. The number of amides is 1. The predicted octanol–water partition coefficient (Wildman–Crippen LogP) is 4.16. The minimum absolute atomic E-state index is 0.109. The van der Waals surface area contributed by atoms with E-state index in [-0.39, 0.29) is 12.5 Å². The molecule has 3 aromatic rings. The number of carbonyl (C=O) groups excluding carboxylic acids is 1. The molecule has 1 aliphatic carbocycles. The van der Waals surface area contributed by atoms with Crippen LogP contribution in [0.15, 0.2) is 24.5 Å². The van der Waals surface area contributed by atoms with Crippen LogP contribution in [0, 0.1) is 6.92 Å². The summed E-state index contributed by atoms with van der Waals surface area (Å²) in [6.45, 7) is 1.80. The van der Waals surface area contributed by atoms with Crippen molar-refractivity contribution in [2.24, 2.45) is 0 Å². The standard InChI is InChI=1S/C18H16ClN3O2S/c1-10-5-6-11(7-13(10)19)22-15(23)8-24-17-16-12-3-2-4-14(12)25-18(16)21-9-20-17/h5-7,9H,2-4,8H2,1H3,(H,22,23). The second-order valence-corrected chi connectivity index (χ2v) is 7.51. The Balaban J connectivity index is 1.48. The maximum Gasteiger partial charge on any atom is 0.262 e. The number of benzene rings is 1. The number of nitrogens with zero attached hydrogens (tertiary/aromatic N) is 2. The molecular formula is C18H16ClN3O2S. The molecular weight excluding hydrogens is 358 g/mol. The van der Waals surface area contributed by atoms with Crippen molar-refractivity contribution < 1.29 is 9.53 Å². The van der Waals surface area contributed by atoms with E-state index in [0.29, 0.717) is 16.6 Å². The fourth-order valence-corrected chi connectivity index (χ4v) is 4.41. The fourth-order valence-electron chi connectivity index (χ4n) is 3.01. The van der Waals surface area contributed by atoms with Crippen molar-refractivity contribution in [1.82, 2.24) is 9.97 Å². The first-order valence-corrected chi connectivity index (χ1v) is 9.25. The molecule has 25 heavy (non-hydrogen) atoms. The number of carbonyl (C=O) groups is 1. The molecule has 0 fully saturated rings. The van der Waals surface area contributed by atoms with Crippen LogP contribution >= 0.6 is 22.9 Å². The normalized spacial score (nSPS) is 13.0. The van der Waals surface area contributed by atoms with Gasteiger partial charge in [-0.25, -0.2) is 9.97 Å². The number of fused-ring (bicyclic) bond motifs is 3. The molecule has 0 aliphatic heterocycles. The zero-order valence-electron chi connectivity index (χ0n) is 13.6. The third kappa shape index (κ3) is 3.19. The lowest BCUT2D eigenvalue weighted by Gasteiger charge is -2.09. The van der Waals surface area contributed by atoms with Crippen LogP contribution in [-0.4, -0.2) is 22.5 Å². The second-order valence-electron chi connectivity index (χ2n) is 6.02. The Hall–Kier alpha value is -2.18. The van der Waals surface area contributed by atoms with Crippen LogP contribution in [0.2, 0.25) is 5.02 Å². The van der Waals surface area contributed by atoms with E-state index in [2.05, 4.69) is 15.3 Å². The number of aromatic nitrogens is 2. The van der Waals surface area contributed by atoms with Gasteiger partial charge >= 0.3 is 0 Å². The van der Waals surface area contributed by atoms with Gasteiger partial charge in [-0.2, -0.15) is 0 Å². The Morgan fingerprint density at radius 3 is 3.08 bits per heavy atom. The van der Waals surface area contributed by atoms with E-state index in [1.165, 1.54) is 16.8 Å². The first-order valence-electron chi connectivity index (χ1n) is 8.06. The van der Waals surface area contributed by atoms with Gasteiger partial charge in [0.25, 0.3) is 5.91 Å². The summed E-state index contributed by atoms with van der Waals surface area (Å²) < 4.78 is 5.70. The van der Waals surface area contributed by atoms with Gasteiger partial charge in [0.1, 0.15) is 11.2 Å². The van der Waals surface area contributed by atoms with E-state index < -0.39 is 0 Å². The van der Waals surface area contributed by atoms with E-state index in [9.17, 15) is 4.79 Å². The molecule has 1 N–H and O–H groups in total. The van der Waals surface area contributed by atoms with Crippen molar-refractivity contribution in [2.45, 2.75) is 26.2 Å². The van der Waals surface area contributed by atoms with Crippen LogP contribution in [0.5, 0.6) is 5.88 Å². The van der Waals surface area contributed by atoms with Gasteiger partial charge in [-0.3, -0.25) is 4.79 Å². The monoisotopic (exact) mass is 373 g/mol. The highest BCUT2D eigenvalue weighted by Gasteiger charge is 2.22. The molecule has 1 amide bonds. The van der Waals surface area contributed by atoms with E-state index >= 15 is 0 Å². The van der Waals surface area contributed by atoms with Gasteiger partial charge in [0.05, 0.1) is 5.39 Å². The number of ether oxygens (including phenoxy) is 1. The average Bonchev–Trinajstić information content (AvgIpc) is 3.17. The van der Waals surface area contributed by atoms with Crippen LogP contribution in [0.4, 0.5) is 5.69 Å². The third-order valence-corrected chi connectivity index (χ3v) is 5.87. The smallest absolute Gasteiger partial charge is 0.262 e. The van der Waals surface area contributed by atoms with Crippen LogP contribution in [0.3, 0.4) is 0 Å². The summed E-state index contributed by atoms with van der Waals surface area (Å²) in [4.78, 5) is 23.0. The first kappa shape index (κ1) is 16.3. The predicted molar refractivity (Wildman–Crippen MR) is 99.8 cm³/mol. The van der Waals surface area contributed by atoms with Gasteiger partial charge in [-0.05, 0) is 49.4 Å². The van der Waals surface area contributed by atoms with E-state index in [4.69, 9.17) is 16.3 Å². The molecule has 2 aromatic heterocycles. The van der Waals surface area contributed by atoms with Crippen molar-refractivity contribution in [1.29, 1.82) is 0 Å². The average molecular weight is 374 g/mol. The van der Waals surface area contributed by atoms with Gasteiger partial charge < -0.3 is 10.1 Å². The number of halogens is 1. The molecule has 4 rings (SSSR count). The maximum absolute atomic E-state index is 12.2. The molecule has 1 aromatic carbocycles. The van der Waals surface area contributed by atoms with Crippen molar-refractivity contribution in [3.63, 3.8) is 0 Å². The SMILES string of the molecule is Cc1ccc(NC(=O)COc2ncnc3sc4c(c23)CCC4)cc1Cl. The van der Waals surface area contributed by atoms with Gasteiger partial charge in [-0.15, -0.1) is 11.3 Å². The van der Waals surface area contributed by atoms with Crippen molar-refractivity contribution in [3.05, 3.63) is 45.6 Å². The summed E-state index contributed by atoms with van der Waals surface area (Å²) in [5.74, 6) is 0.236. The first-order chi connectivity index (χ1) is 12.1. The summed E-state index contributed by atoms with van der Waals surface area (Å²) >= 11 is 7.77. The molecule has 1 aliphatic rings. The molecule has 0 radical (unpaired) electrons. The number of hydrogen-bond donors (Lipinski definition) is 1. The highest BCUT2D eigenvalue weighted by atomic mass is 35.5. The minimum atomic E-state index is -0.251. The highest BCUT2D eigenvalue weighted by molar-refractivity contribution is 7.18. The molecule has 0 unspecified atom stereocenters. The third-order valence-electron chi connectivity index (χ3n) is 4.26. The van der Waals surface area contributed by atoms with E-state index in [1.807, 2.05) is 19.1 Å². The van der Waals surface area contributed by atoms with Crippen molar-refractivity contribution in [3.8, 4) is 5.88 Å². The molecule has 0 saturated carbocycles. The topological polar surface area (TPSA) is 64.1 Å². The summed E-state index contributed by atoms with van der Waals surface area (Å²) in [5, 5.41) is 4.37. The summed E-state index contributed by atoms with van der Waals surface area (Å²) in [7, 11) is 0.